The Bertz CT molecular complexity index is 501. The first kappa shape index (κ1) is 16.2. The maximum absolute atomic E-state index is 12.6. The Balaban J connectivity index is 2.01. The molecule has 0 N–H and O–H groups in total. The van der Waals surface area contributed by atoms with Gasteiger partial charge < -0.3 is 4.90 Å². The number of carbonyl (C=O) groups is 1. The third-order valence-corrected chi connectivity index (χ3v) is 4.56. The third kappa shape index (κ3) is 3.92. The molecular formula is C18H28N2O. The second-order valence-corrected chi connectivity index (χ2v) is 6.67. The lowest BCUT2D eigenvalue weighted by molar-refractivity contribution is 0.0931. The van der Waals surface area contributed by atoms with Crippen LogP contribution in [0.1, 0.15) is 39.9 Å². The van der Waals surface area contributed by atoms with E-state index in [-0.39, 0.29) is 5.78 Å². The lowest BCUT2D eigenvalue weighted by atomic mass is 9.96. The first-order chi connectivity index (χ1) is 9.88. The van der Waals surface area contributed by atoms with Gasteiger partial charge in [-0.1, -0.05) is 17.7 Å². The molecule has 21 heavy (non-hydrogen) atoms. The van der Waals surface area contributed by atoms with Crippen LogP contribution in [-0.2, 0) is 0 Å². The van der Waals surface area contributed by atoms with Gasteiger partial charge >= 0.3 is 0 Å². The molecule has 1 unspecified atom stereocenters. The third-order valence-electron chi connectivity index (χ3n) is 4.56. The second-order valence-electron chi connectivity index (χ2n) is 6.67. The van der Waals surface area contributed by atoms with Crippen molar-refractivity contribution in [1.82, 2.24) is 9.80 Å². The van der Waals surface area contributed by atoms with Crippen LogP contribution in [0.5, 0.6) is 0 Å². The predicted octanol–water partition coefficient (Wildman–Crippen LogP) is 2.82. The van der Waals surface area contributed by atoms with Gasteiger partial charge in [0.1, 0.15) is 0 Å². The molecule has 1 aromatic rings. The average Bonchev–Trinajstić information content (AvgIpc) is 2.73. The summed E-state index contributed by atoms with van der Waals surface area (Å²) in [5.74, 6) is 0.244. The van der Waals surface area contributed by atoms with Crippen molar-refractivity contribution in [3.63, 3.8) is 0 Å². The van der Waals surface area contributed by atoms with Gasteiger partial charge in [-0.15, -0.1) is 0 Å². The molecule has 0 aliphatic carbocycles. The number of Topliss-reactive ketones (excluding diaryl/α,β-unsaturated/α-hetero) is 1. The molecule has 0 radical (unpaired) electrons. The fourth-order valence-electron chi connectivity index (χ4n) is 3.58. The Hall–Kier alpha value is -1.19. The first-order valence-electron chi connectivity index (χ1n) is 7.88. The highest BCUT2D eigenvalue weighted by Gasteiger charge is 2.23. The van der Waals surface area contributed by atoms with Gasteiger partial charge in [-0.25, -0.2) is 0 Å². The molecule has 116 valence electrons. The normalized spacial score (nSPS) is 19.4. The number of hydrogen-bond acceptors (Lipinski definition) is 3. The number of rotatable bonds is 5. The van der Waals surface area contributed by atoms with Gasteiger partial charge in [0.05, 0.1) is 6.54 Å². The van der Waals surface area contributed by atoms with Crippen LogP contribution < -0.4 is 0 Å². The van der Waals surface area contributed by atoms with Crippen LogP contribution in [0, 0.1) is 20.8 Å². The summed E-state index contributed by atoms with van der Waals surface area (Å²) in [4.78, 5) is 17.2. The van der Waals surface area contributed by atoms with Crippen molar-refractivity contribution in [2.24, 2.45) is 0 Å². The summed E-state index contributed by atoms with van der Waals surface area (Å²) in [6.07, 6.45) is 2.52. The molecule has 1 atom stereocenters. The number of aryl methyl sites for hydroxylation is 3. The van der Waals surface area contributed by atoms with E-state index in [1.165, 1.54) is 24.9 Å². The quantitative estimate of drug-likeness (QED) is 0.778. The average molecular weight is 288 g/mol. The summed E-state index contributed by atoms with van der Waals surface area (Å²) in [5, 5.41) is 0. The van der Waals surface area contributed by atoms with Gasteiger partial charge in [-0.05, 0) is 65.4 Å². The van der Waals surface area contributed by atoms with Gasteiger partial charge in [0.15, 0.2) is 5.78 Å². The Morgan fingerprint density at radius 1 is 1.29 bits per heavy atom. The highest BCUT2D eigenvalue weighted by Crippen LogP contribution is 2.18. The Morgan fingerprint density at radius 3 is 2.43 bits per heavy atom. The van der Waals surface area contributed by atoms with E-state index in [1.54, 1.807) is 0 Å². The molecule has 0 aromatic heterocycles. The molecule has 2 rings (SSSR count). The largest absolute Gasteiger partial charge is 0.302 e. The molecule has 0 amide bonds. The molecule has 3 heteroatoms. The van der Waals surface area contributed by atoms with Gasteiger partial charge in [-0.2, -0.15) is 0 Å². The van der Waals surface area contributed by atoms with Crippen molar-refractivity contribution < 1.29 is 4.79 Å². The van der Waals surface area contributed by atoms with E-state index in [0.717, 1.165) is 23.2 Å². The minimum atomic E-state index is 0.244. The fourth-order valence-corrected chi connectivity index (χ4v) is 3.58. The number of ketones is 1. The van der Waals surface area contributed by atoms with Crippen LogP contribution in [-0.4, -0.2) is 55.4 Å². The molecular weight excluding hydrogens is 260 g/mol. The van der Waals surface area contributed by atoms with E-state index in [4.69, 9.17) is 0 Å². The van der Waals surface area contributed by atoms with Crippen LogP contribution in [0.2, 0.25) is 0 Å². The van der Waals surface area contributed by atoms with Gasteiger partial charge in [-0.3, -0.25) is 9.69 Å². The van der Waals surface area contributed by atoms with Crippen LogP contribution in [0.3, 0.4) is 0 Å². The van der Waals surface area contributed by atoms with Crippen LogP contribution in [0.15, 0.2) is 12.1 Å². The van der Waals surface area contributed by atoms with Crippen LogP contribution in [0.25, 0.3) is 0 Å². The van der Waals surface area contributed by atoms with Crippen LogP contribution >= 0.6 is 0 Å². The molecule has 1 aliphatic rings. The number of benzene rings is 1. The Kier molecular flexibility index (Phi) is 5.17. The van der Waals surface area contributed by atoms with E-state index in [9.17, 15) is 4.79 Å². The van der Waals surface area contributed by atoms with E-state index >= 15 is 0 Å². The van der Waals surface area contributed by atoms with Crippen molar-refractivity contribution in [1.29, 1.82) is 0 Å². The molecule has 0 bridgehead atoms. The first-order valence-corrected chi connectivity index (χ1v) is 7.88. The molecule has 1 aliphatic heterocycles. The summed E-state index contributed by atoms with van der Waals surface area (Å²) < 4.78 is 0. The van der Waals surface area contributed by atoms with Crippen molar-refractivity contribution in [2.45, 2.75) is 39.7 Å². The Labute approximate surface area is 128 Å². The fraction of sp³-hybridized carbons (Fsp3) is 0.611. The molecule has 1 aromatic carbocycles. The van der Waals surface area contributed by atoms with Crippen molar-refractivity contribution in [3.8, 4) is 0 Å². The molecule has 1 heterocycles. The topological polar surface area (TPSA) is 23.6 Å². The summed E-state index contributed by atoms with van der Waals surface area (Å²) in [5.41, 5.74) is 4.34. The Morgan fingerprint density at radius 2 is 1.90 bits per heavy atom. The molecule has 3 nitrogen and oxygen atoms in total. The minimum absolute atomic E-state index is 0.244. The van der Waals surface area contributed by atoms with E-state index < -0.39 is 0 Å². The molecule has 1 fully saturated rings. The number of nitrogens with zero attached hydrogens (tertiary/aromatic N) is 2. The van der Waals surface area contributed by atoms with E-state index in [0.29, 0.717) is 12.6 Å². The standard InChI is InChI=1S/C18H28N2O/c1-13-9-14(2)18(15(3)10-13)17(21)12-19(4)11-16-7-6-8-20(16)5/h9-10,16H,6-8,11-12H2,1-5H3. The van der Waals surface area contributed by atoms with E-state index in [1.807, 2.05) is 13.8 Å². The zero-order chi connectivity index (χ0) is 15.6. The lowest BCUT2D eigenvalue weighted by Crippen LogP contribution is -2.39. The molecule has 1 saturated heterocycles. The highest BCUT2D eigenvalue weighted by molar-refractivity contribution is 6.00. The SMILES string of the molecule is Cc1cc(C)c(C(=O)CN(C)CC2CCCN2C)c(C)c1. The van der Waals surface area contributed by atoms with Gasteiger partial charge in [0, 0.05) is 18.2 Å². The minimum Gasteiger partial charge on any atom is -0.302 e. The van der Waals surface area contributed by atoms with Crippen molar-refractivity contribution >= 4 is 5.78 Å². The number of likely N-dealkylation sites (tertiary alicyclic amines) is 1. The summed E-state index contributed by atoms with van der Waals surface area (Å²) in [6.45, 7) is 8.83. The smallest absolute Gasteiger partial charge is 0.177 e. The summed E-state index contributed by atoms with van der Waals surface area (Å²) in [6, 6.07) is 4.80. The predicted molar refractivity (Wildman–Crippen MR) is 88.1 cm³/mol. The number of likely N-dealkylation sites (N-methyl/N-ethyl adjacent to an activating group) is 2. The molecule has 0 saturated carbocycles. The number of carbonyl (C=O) groups excluding carboxylic acids is 1. The zero-order valence-corrected chi connectivity index (χ0v) is 14.1. The number of hydrogen-bond donors (Lipinski definition) is 0. The zero-order valence-electron chi connectivity index (χ0n) is 14.1. The van der Waals surface area contributed by atoms with Crippen LogP contribution in [0.4, 0.5) is 0 Å². The maximum atomic E-state index is 12.6. The lowest BCUT2D eigenvalue weighted by Gasteiger charge is -2.25. The van der Waals surface area contributed by atoms with E-state index in [2.05, 4.69) is 43.0 Å². The highest BCUT2D eigenvalue weighted by atomic mass is 16.1. The van der Waals surface area contributed by atoms with Gasteiger partial charge in [0.25, 0.3) is 0 Å². The second kappa shape index (κ2) is 6.71. The maximum Gasteiger partial charge on any atom is 0.177 e. The monoisotopic (exact) mass is 288 g/mol. The summed E-state index contributed by atoms with van der Waals surface area (Å²) >= 11 is 0. The van der Waals surface area contributed by atoms with Crippen molar-refractivity contribution in [3.05, 3.63) is 34.4 Å². The molecule has 0 spiro atoms. The van der Waals surface area contributed by atoms with Crippen molar-refractivity contribution in [2.75, 3.05) is 33.7 Å². The summed E-state index contributed by atoms with van der Waals surface area (Å²) in [7, 11) is 4.24. The van der Waals surface area contributed by atoms with Gasteiger partial charge in [0.2, 0.25) is 0 Å².